The van der Waals surface area contributed by atoms with Crippen molar-refractivity contribution in [1.29, 1.82) is 0 Å². The number of carbonyl (C=O) groups is 1. The summed E-state index contributed by atoms with van der Waals surface area (Å²) in [4.78, 5) is 15.7. The van der Waals surface area contributed by atoms with Crippen LogP contribution in [0.5, 0.6) is 0 Å². The van der Waals surface area contributed by atoms with Gasteiger partial charge in [-0.3, -0.25) is 4.90 Å². The van der Waals surface area contributed by atoms with Gasteiger partial charge in [0.15, 0.2) is 0 Å². The van der Waals surface area contributed by atoms with E-state index >= 15 is 0 Å². The second-order valence-electron chi connectivity index (χ2n) is 7.31. The van der Waals surface area contributed by atoms with Crippen molar-refractivity contribution >= 4 is 6.09 Å². The number of nitrogens with zero attached hydrogens (tertiary/aromatic N) is 2. The Morgan fingerprint density at radius 2 is 1.68 bits per heavy atom. The zero-order valence-electron chi connectivity index (χ0n) is 14.4. The van der Waals surface area contributed by atoms with Crippen molar-refractivity contribution in [2.75, 3.05) is 46.4 Å². The molecule has 2 atom stereocenters. The van der Waals surface area contributed by atoms with Crippen LogP contribution in [0.15, 0.2) is 0 Å². The van der Waals surface area contributed by atoms with Crippen molar-refractivity contribution in [2.45, 2.75) is 51.3 Å². The van der Waals surface area contributed by atoms with E-state index in [1.807, 2.05) is 20.8 Å². The lowest BCUT2D eigenvalue weighted by molar-refractivity contribution is -0.000706. The molecule has 0 aromatic rings. The van der Waals surface area contributed by atoms with Crippen molar-refractivity contribution < 1.29 is 14.3 Å². The second kappa shape index (κ2) is 7.62. The predicted octanol–water partition coefficient (Wildman–Crippen LogP) is 1.31. The minimum Gasteiger partial charge on any atom is -0.444 e. The van der Waals surface area contributed by atoms with E-state index in [4.69, 9.17) is 9.47 Å². The molecule has 2 bridgehead atoms. The number of amides is 1. The van der Waals surface area contributed by atoms with Gasteiger partial charge in [0, 0.05) is 38.3 Å². The SMILES string of the molecule is CC(C)(C)OC(=O)N1CCNCC1.CN1C2CCC1COC2. The zero-order valence-corrected chi connectivity index (χ0v) is 14.4. The number of hydrogen-bond acceptors (Lipinski definition) is 5. The van der Waals surface area contributed by atoms with E-state index < -0.39 is 0 Å². The fourth-order valence-electron chi connectivity index (χ4n) is 3.01. The van der Waals surface area contributed by atoms with E-state index in [1.54, 1.807) is 4.90 Å². The predicted molar refractivity (Wildman–Crippen MR) is 86.1 cm³/mol. The Kier molecular flexibility index (Phi) is 6.06. The van der Waals surface area contributed by atoms with Crippen molar-refractivity contribution in [1.82, 2.24) is 15.1 Å². The molecule has 0 aliphatic carbocycles. The van der Waals surface area contributed by atoms with Gasteiger partial charge in [0.2, 0.25) is 0 Å². The zero-order chi connectivity index (χ0) is 16.2. The number of rotatable bonds is 0. The van der Waals surface area contributed by atoms with Gasteiger partial charge >= 0.3 is 6.09 Å². The molecule has 3 saturated heterocycles. The Hall–Kier alpha value is -0.850. The lowest BCUT2D eigenvalue weighted by Crippen LogP contribution is -2.48. The molecule has 22 heavy (non-hydrogen) atoms. The highest BCUT2D eigenvalue weighted by Gasteiger charge is 2.34. The Morgan fingerprint density at radius 1 is 1.14 bits per heavy atom. The van der Waals surface area contributed by atoms with Crippen LogP contribution < -0.4 is 5.32 Å². The number of carbonyl (C=O) groups excluding carboxylic acids is 1. The van der Waals surface area contributed by atoms with Crippen molar-refractivity contribution in [3.63, 3.8) is 0 Å². The Labute approximate surface area is 134 Å². The molecule has 3 fully saturated rings. The topological polar surface area (TPSA) is 54.0 Å². The summed E-state index contributed by atoms with van der Waals surface area (Å²) in [6.45, 7) is 10.8. The lowest BCUT2D eigenvalue weighted by Gasteiger charge is -2.30. The summed E-state index contributed by atoms with van der Waals surface area (Å²) < 4.78 is 10.6. The summed E-state index contributed by atoms with van der Waals surface area (Å²) in [6, 6.07) is 1.48. The number of fused-ring (bicyclic) bond motifs is 2. The summed E-state index contributed by atoms with van der Waals surface area (Å²) in [6.07, 6.45) is 2.50. The third-order valence-electron chi connectivity index (χ3n) is 4.37. The van der Waals surface area contributed by atoms with Crippen LogP contribution in [0.1, 0.15) is 33.6 Å². The molecule has 1 amide bonds. The lowest BCUT2D eigenvalue weighted by atomic mass is 10.2. The van der Waals surface area contributed by atoms with Crippen LogP contribution in [0.2, 0.25) is 0 Å². The third-order valence-corrected chi connectivity index (χ3v) is 4.37. The smallest absolute Gasteiger partial charge is 0.410 e. The number of nitrogens with one attached hydrogen (secondary N) is 1. The standard InChI is InChI=1S/C9H18N2O2.C7H13NO/c1-9(2,3)13-8(12)11-6-4-10-5-7-11;1-8-6-2-3-7(8)5-9-4-6/h10H,4-7H2,1-3H3;6-7H,2-5H2,1H3. The average molecular weight is 313 g/mol. The average Bonchev–Trinajstić information content (AvgIpc) is 2.68. The fourth-order valence-corrected chi connectivity index (χ4v) is 3.01. The van der Waals surface area contributed by atoms with Crippen molar-refractivity contribution in [3.05, 3.63) is 0 Å². The molecule has 3 aliphatic rings. The molecule has 0 saturated carbocycles. The first-order valence-electron chi connectivity index (χ1n) is 8.35. The molecule has 6 nitrogen and oxygen atoms in total. The van der Waals surface area contributed by atoms with Gasteiger partial charge in [0.05, 0.1) is 13.2 Å². The summed E-state index contributed by atoms with van der Waals surface area (Å²) in [5.74, 6) is 0. The minimum absolute atomic E-state index is 0.200. The summed E-state index contributed by atoms with van der Waals surface area (Å²) in [5, 5.41) is 3.18. The largest absolute Gasteiger partial charge is 0.444 e. The molecule has 0 aromatic heterocycles. The van der Waals surface area contributed by atoms with Crippen LogP contribution in [0, 0.1) is 0 Å². The summed E-state index contributed by atoms with van der Waals surface area (Å²) in [7, 11) is 2.21. The van der Waals surface area contributed by atoms with Crippen molar-refractivity contribution in [3.8, 4) is 0 Å². The van der Waals surface area contributed by atoms with Crippen molar-refractivity contribution in [2.24, 2.45) is 0 Å². The van der Waals surface area contributed by atoms with Gasteiger partial charge in [-0.05, 0) is 40.7 Å². The van der Waals surface area contributed by atoms with Gasteiger partial charge in [0.1, 0.15) is 5.60 Å². The number of likely N-dealkylation sites (N-methyl/N-ethyl adjacent to an activating group) is 1. The first-order chi connectivity index (χ1) is 10.4. The molecule has 0 radical (unpaired) electrons. The number of piperazine rings is 1. The Morgan fingerprint density at radius 3 is 2.14 bits per heavy atom. The second-order valence-corrected chi connectivity index (χ2v) is 7.31. The van der Waals surface area contributed by atoms with Crippen LogP contribution in [0.25, 0.3) is 0 Å². The summed E-state index contributed by atoms with van der Waals surface area (Å²) in [5.41, 5.74) is -0.387. The maximum absolute atomic E-state index is 11.5. The first kappa shape index (κ1) is 17.5. The maximum Gasteiger partial charge on any atom is 0.410 e. The van der Waals surface area contributed by atoms with E-state index in [9.17, 15) is 4.79 Å². The number of hydrogen-bond donors (Lipinski definition) is 1. The Bertz CT molecular complexity index is 348. The normalized spacial score (nSPS) is 28.8. The number of ether oxygens (including phenoxy) is 2. The van der Waals surface area contributed by atoms with Crippen LogP contribution in [0.3, 0.4) is 0 Å². The van der Waals surface area contributed by atoms with Gasteiger partial charge in [-0.25, -0.2) is 4.79 Å². The van der Waals surface area contributed by atoms with E-state index in [1.165, 1.54) is 12.8 Å². The molecule has 2 unspecified atom stereocenters. The highest BCUT2D eigenvalue weighted by molar-refractivity contribution is 5.68. The van der Waals surface area contributed by atoms with Gasteiger partial charge in [-0.2, -0.15) is 0 Å². The van der Waals surface area contributed by atoms with Crippen LogP contribution in [0.4, 0.5) is 4.79 Å². The molecule has 0 aromatic carbocycles. The molecule has 3 rings (SSSR count). The van der Waals surface area contributed by atoms with Gasteiger partial charge in [0.25, 0.3) is 0 Å². The highest BCUT2D eigenvalue weighted by atomic mass is 16.6. The van der Waals surface area contributed by atoms with Gasteiger partial charge in [-0.1, -0.05) is 0 Å². The van der Waals surface area contributed by atoms with Crippen LogP contribution in [-0.2, 0) is 9.47 Å². The molecule has 1 N–H and O–H groups in total. The molecule has 3 heterocycles. The number of morpholine rings is 1. The van der Waals surface area contributed by atoms with E-state index in [0.717, 1.165) is 51.5 Å². The maximum atomic E-state index is 11.5. The highest BCUT2D eigenvalue weighted by Crippen LogP contribution is 2.26. The van der Waals surface area contributed by atoms with Gasteiger partial charge < -0.3 is 19.7 Å². The molecule has 6 heteroatoms. The molecule has 128 valence electrons. The third kappa shape index (κ3) is 5.11. The van der Waals surface area contributed by atoms with E-state index in [0.29, 0.717) is 0 Å². The quantitative estimate of drug-likeness (QED) is 0.731. The molecule has 3 aliphatic heterocycles. The van der Waals surface area contributed by atoms with Gasteiger partial charge in [-0.15, -0.1) is 0 Å². The van der Waals surface area contributed by atoms with Crippen LogP contribution >= 0.6 is 0 Å². The fraction of sp³-hybridized carbons (Fsp3) is 0.938. The molecular formula is C16H31N3O3. The van der Waals surface area contributed by atoms with E-state index in [2.05, 4.69) is 17.3 Å². The minimum atomic E-state index is -0.387. The summed E-state index contributed by atoms with van der Waals surface area (Å²) >= 11 is 0. The van der Waals surface area contributed by atoms with Crippen LogP contribution in [-0.4, -0.2) is 80.0 Å². The monoisotopic (exact) mass is 313 g/mol. The first-order valence-corrected chi connectivity index (χ1v) is 8.35. The molecular weight excluding hydrogens is 282 g/mol. The van der Waals surface area contributed by atoms with E-state index in [-0.39, 0.29) is 11.7 Å². The molecule has 0 spiro atoms. The Balaban J connectivity index is 0.000000170.